The Bertz CT molecular complexity index is 709. The molecule has 1 fully saturated rings. The van der Waals surface area contributed by atoms with E-state index in [1.165, 1.54) is 60.7 Å². The molecule has 4 heteroatoms. The maximum absolute atomic E-state index is 5.59. The molecule has 0 amide bonds. The predicted molar refractivity (Wildman–Crippen MR) is 116 cm³/mol. The van der Waals surface area contributed by atoms with Crippen molar-refractivity contribution in [3.05, 3.63) is 59.2 Å². The molecule has 3 rings (SSSR count). The molecule has 2 aromatic rings. The molecule has 1 aliphatic heterocycles. The van der Waals surface area contributed by atoms with Gasteiger partial charge in [-0.05, 0) is 57.1 Å². The molecule has 0 saturated carbocycles. The van der Waals surface area contributed by atoms with Crippen molar-refractivity contribution in [1.29, 1.82) is 0 Å². The molecule has 1 heterocycles. The van der Waals surface area contributed by atoms with Crippen LogP contribution < -0.4 is 4.74 Å². The highest BCUT2D eigenvalue weighted by molar-refractivity contribution is 7.98. The first-order chi connectivity index (χ1) is 13.1. The number of rotatable bonds is 8. The third kappa shape index (κ3) is 6.27. The fraction of sp³-hybridized carbons (Fsp3) is 0.478. The number of benzene rings is 2. The second-order valence-corrected chi connectivity index (χ2v) is 8.55. The van der Waals surface area contributed by atoms with E-state index in [0.717, 1.165) is 17.9 Å². The third-order valence-electron chi connectivity index (χ3n) is 5.30. The van der Waals surface area contributed by atoms with Crippen molar-refractivity contribution in [2.24, 2.45) is 0 Å². The van der Waals surface area contributed by atoms with Crippen molar-refractivity contribution in [2.45, 2.75) is 30.4 Å². The van der Waals surface area contributed by atoms with Crippen molar-refractivity contribution in [2.75, 3.05) is 46.9 Å². The molecular formula is C23H32N2OS. The van der Waals surface area contributed by atoms with Gasteiger partial charge < -0.3 is 14.5 Å². The number of hydrogen-bond acceptors (Lipinski definition) is 4. The SMILES string of the molecule is COc1ccc(CCCN2CCN(C)CC2)cc1CSc1ccc(C)cc1. The van der Waals surface area contributed by atoms with Gasteiger partial charge >= 0.3 is 0 Å². The van der Waals surface area contributed by atoms with Gasteiger partial charge in [-0.1, -0.05) is 29.8 Å². The number of hydrogen-bond donors (Lipinski definition) is 0. The average molecular weight is 385 g/mol. The van der Waals surface area contributed by atoms with E-state index in [4.69, 9.17) is 4.74 Å². The number of likely N-dealkylation sites (N-methyl/N-ethyl adjacent to an activating group) is 1. The van der Waals surface area contributed by atoms with E-state index >= 15 is 0 Å². The van der Waals surface area contributed by atoms with E-state index in [0.29, 0.717) is 0 Å². The zero-order valence-corrected chi connectivity index (χ0v) is 17.7. The average Bonchev–Trinajstić information content (AvgIpc) is 2.69. The first-order valence-electron chi connectivity index (χ1n) is 9.90. The van der Waals surface area contributed by atoms with Gasteiger partial charge in [-0.15, -0.1) is 11.8 Å². The van der Waals surface area contributed by atoms with Gasteiger partial charge in [0.05, 0.1) is 7.11 Å². The van der Waals surface area contributed by atoms with E-state index in [9.17, 15) is 0 Å². The summed E-state index contributed by atoms with van der Waals surface area (Å²) in [6.07, 6.45) is 2.36. The largest absolute Gasteiger partial charge is 0.496 e. The lowest BCUT2D eigenvalue weighted by Gasteiger charge is -2.32. The quantitative estimate of drug-likeness (QED) is 0.624. The fourth-order valence-corrected chi connectivity index (χ4v) is 4.35. The second-order valence-electron chi connectivity index (χ2n) is 7.50. The summed E-state index contributed by atoms with van der Waals surface area (Å²) in [5.41, 5.74) is 4.02. The Balaban J connectivity index is 1.53. The Labute approximate surface area is 168 Å². The van der Waals surface area contributed by atoms with Crippen LogP contribution in [-0.2, 0) is 12.2 Å². The number of piperazine rings is 1. The van der Waals surface area contributed by atoms with Gasteiger partial charge in [0.1, 0.15) is 5.75 Å². The van der Waals surface area contributed by atoms with Gasteiger partial charge in [-0.25, -0.2) is 0 Å². The molecule has 0 N–H and O–H groups in total. The van der Waals surface area contributed by atoms with E-state index in [2.05, 4.69) is 66.2 Å². The van der Waals surface area contributed by atoms with Crippen LogP contribution in [0.5, 0.6) is 5.75 Å². The minimum atomic E-state index is 0.943. The van der Waals surface area contributed by atoms with E-state index in [-0.39, 0.29) is 0 Å². The zero-order valence-electron chi connectivity index (χ0n) is 16.9. The maximum atomic E-state index is 5.59. The number of ether oxygens (including phenoxy) is 1. The lowest BCUT2D eigenvalue weighted by Crippen LogP contribution is -2.44. The van der Waals surface area contributed by atoms with Gasteiger partial charge in [0.25, 0.3) is 0 Å². The van der Waals surface area contributed by atoms with Crippen LogP contribution in [0.15, 0.2) is 47.4 Å². The zero-order chi connectivity index (χ0) is 19.1. The van der Waals surface area contributed by atoms with Crippen LogP contribution in [0.3, 0.4) is 0 Å². The van der Waals surface area contributed by atoms with Crippen molar-refractivity contribution in [1.82, 2.24) is 9.80 Å². The molecule has 1 saturated heterocycles. The standard InChI is InChI=1S/C23H32N2OS/c1-19-6-9-22(10-7-19)27-18-21-17-20(8-11-23(21)26-3)5-4-12-25-15-13-24(2)14-16-25/h6-11,17H,4-5,12-16,18H2,1-3H3. The molecule has 0 atom stereocenters. The highest BCUT2D eigenvalue weighted by atomic mass is 32.2. The summed E-state index contributed by atoms with van der Waals surface area (Å²) in [5, 5.41) is 0. The molecule has 2 aromatic carbocycles. The van der Waals surface area contributed by atoms with Crippen molar-refractivity contribution in [3.63, 3.8) is 0 Å². The fourth-order valence-electron chi connectivity index (χ4n) is 3.47. The Hall–Kier alpha value is -1.49. The first kappa shape index (κ1) is 20.2. The Morgan fingerprint density at radius 2 is 1.74 bits per heavy atom. The summed E-state index contributed by atoms with van der Waals surface area (Å²) >= 11 is 1.87. The maximum Gasteiger partial charge on any atom is 0.122 e. The van der Waals surface area contributed by atoms with Gasteiger partial charge in [0.2, 0.25) is 0 Å². The normalized spacial score (nSPS) is 15.8. The number of thioether (sulfide) groups is 1. The molecule has 0 bridgehead atoms. The van der Waals surface area contributed by atoms with Crippen LogP contribution in [-0.4, -0.2) is 56.7 Å². The van der Waals surface area contributed by atoms with Crippen LogP contribution in [0.4, 0.5) is 0 Å². The van der Waals surface area contributed by atoms with Crippen LogP contribution in [0.25, 0.3) is 0 Å². The van der Waals surface area contributed by atoms with Crippen molar-refractivity contribution in [3.8, 4) is 5.75 Å². The number of aryl methyl sites for hydroxylation is 2. The van der Waals surface area contributed by atoms with E-state index < -0.39 is 0 Å². The lowest BCUT2D eigenvalue weighted by atomic mass is 10.1. The first-order valence-corrected chi connectivity index (χ1v) is 10.9. The van der Waals surface area contributed by atoms with E-state index in [1.807, 2.05) is 11.8 Å². The monoisotopic (exact) mass is 384 g/mol. The highest BCUT2D eigenvalue weighted by Crippen LogP contribution is 2.29. The summed E-state index contributed by atoms with van der Waals surface area (Å²) in [4.78, 5) is 6.32. The van der Waals surface area contributed by atoms with Gasteiger partial charge in [-0.3, -0.25) is 0 Å². The van der Waals surface area contributed by atoms with Gasteiger partial charge in [-0.2, -0.15) is 0 Å². The van der Waals surface area contributed by atoms with Crippen LogP contribution in [0.1, 0.15) is 23.1 Å². The molecule has 0 aliphatic carbocycles. The van der Waals surface area contributed by atoms with E-state index in [1.54, 1.807) is 7.11 Å². The van der Waals surface area contributed by atoms with Crippen LogP contribution in [0.2, 0.25) is 0 Å². The minimum absolute atomic E-state index is 0.943. The number of methoxy groups -OCH3 is 1. The summed E-state index contributed by atoms with van der Waals surface area (Å²) in [5.74, 6) is 1.94. The molecule has 0 unspecified atom stereocenters. The van der Waals surface area contributed by atoms with Crippen LogP contribution in [0, 0.1) is 6.92 Å². The van der Waals surface area contributed by atoms with Gasteiger partial charge in [0.15, 0.2) is 0 Å². The summed E-state index contributed by atoms with van der Waals surface area (Å²) in [6.45, 7) is 8.14. The highest BCUT2D eigenvalue weighted by Gasteiger charge is 2.13. The summed E-state index contributed by atoms with van der Waals surface area (Å²) < 4.78 is 5.59. The molecule has 146 valence electrons. The molecule has 27 heavy (non-hydrogen) atoms. The molecular weight excluding hydrogens is 352 g/mol. The molecule has 3 nitrogen and oxygen atoms in total. The Morgan fingerprint density at radius 3 is 2.44 bits per heavy atom. The Kier molecular flexibility index (Phi) is 7.62. The Morgan fingerprint density at radius 1 is 1.00 bits per heavy atom. The third-order valence-corrected chi connectivity index (χ3v) is 6.36. The number of nitrogens with zero attached hydrogens (tertiary/aromatic N) is 2. The molecule has 0 radical (unpaired) electrons. The predicted octanol–water partition coefficient (Wildman–Crippen LogP) is 4.48. The minimum Gasteiger partial charge on any atom is -0.496 e. The van der Waals surface area contributed by atoms with Crippen molar-refractivity contribution >= 4 is 11.8 Å². The van der Waals surface area contributed by atoms with Crippen LogP contribution >= 0.6 is 11.8 Å². The summed E-state index contributed by atoms with van der Waals surface area (Å²) in [7, 11) is 3.98. The summed E-state index contributed by atoms with van der Waals surface area (Å²) in [6, 6.07) is 15.4. The smallest absolute Gasteiger partial charge is 0.122 e. The lowest BCUT2D eigenvalue weighted by molar-refractivity contribution is 0.153. The second kappa shape index (κ2) is 10.2. The van der Waals surface area contributed by atoms with Crippen molar-refractivity contribution < 1.29 is 4.74 Å². The molecule has 1 aliphatic rings. The molecule has 0 spiro atoms. The topological polar surface area (TPSA) is 15.7 Å². The molecule has 0 aromatic heterocycles. The van der Waals surface area contributed by atoms with Gasteiger partial charge in [0, 0.05) is 42.4 Å².